The summed E-state index contributed by atoms with van der Waals surface area (Å²) in [7, 11) is 0. The highest BCUT2D eigenvalue weighted by atomic mass is 79.9. The van der Waals surface area contributed by atoms with Crippen LogP contribution in [0.2, 0.25) is 0 Å². The zero-order chi connectivity index (χ0) is 13.8. The summed E-state index contributed by atoms with van der Waals surface area (Å²) < 4.78 is 4.20. The molecule has 1 heterocycles. The molecule has 102 valence electrons. The van der Waals surface area contributed by atoms with Crippen LogP contribution in [0, 0.1) is 0 Å². The molecule has 1 unspecified atom stereocenters. The highest BCUT2D eigenvalue weighted by Crippen LogP contribution is 2.26. The molecule has 0 spiro atoms. The van der Waals surface area contributed by atoms with Crippen molar-refractivity contribution in [1.29, 1.82) is 0 Å². The number of rotatable bonds is 5. The molecule has 0 saturated carbocycles. The summed E-state index contributed by atoms with van der Waals surface area (Å²) >= 11 is 7.05. The number of halogens is 2. The predicted octanol–water partition coefficient (Wildman–Crippen LogP) is 3.67. The number of hydrogen-bond donors (Lipinski definition) is 1. The zero-order valence-corrected chi connectivity index (χ0v) is 14.1. The molecule has 1 aromatic carbocycles. The minimum atomic E-state index is 0.240. The second-order valence-electron chi connectivity index (χ2n) is 4.30. The van der Waals surface area contributed by atoms with E-state index in [1.807, 2.05) is 10.6 Å². The standard InChI is InChI=1S/C13H16Br2N4/c1-3-19-8-17-18-13(19)7-16-9(2)11-5-4-10(14)6-12(11)15/h4-6,8-9,16H,3,7H2,1-2H3. The van der Waals surface area contributed by atoms with Crippen molar-refractivity contribution < 1.29 is 0 Å². The summed E-state index contributed by atoms with van der Waals surface area (Å²) in [5.41, 5.74) is 1.23. The van der Waals surface area contributed by atoms with Crippen molar-refractivity contribution in [2.45, 2.75) is 33.0 Å². The van der Waals surface area contributed by atoms with Gasteiger partial charge in [0.25, 0.3) is 0 Å². The van der Waals surface area contributed by atoms with Crippen molar-refractivity contribution in [3.05, 3.63) is 44.9 Å². The van der Waals surface area contributed by atoms with Gasteiger partial charge in [0.15, 0.2) is 0 Å². The molecule has 1 aromatic heterocycles. The van der Waals surface area contributed by atoms with Crippen molar-refractivity contribution >= 4 is 31.9 Å². The molecular formula is C13H16Br2N4. The summed E-state index contributed by atoms with van der Waals surface area (Å²) in [5.74, 6) is 0.961. The second-order valence-corrected chi connectivity index (χ2v) is 6.07. The molecule has 0 radical (unpaired) electrons. The van der Waals surface area contributed by atoms with Crippen LogP contribution in [0.3, 0.4) is 0 Å². The molecule has 19 heavy (non-hydrogen) atoms. The molecule has 1 atom stereocenters. The van der Waals surface area contributed by atoms with Crippen LogP contribution < -0.4 is 5.32 Å². The average Bonchev–Trinajstić information content (AvgIpc) is 2.83. The molecule has 1 N–H and O–H groups in total. The summed E-state index contributed by atoms with van der Waals surface area (Å²) in [6.45, 7) is 5.82. The minimum absolute atomic E-state index is 0.240. The van der Waals surface area contributed by atoms with Gasteiger partial charge >= 0.3 is 0 Å². The lowest BCUT2D eigenvalue weighted by atomic mass is 10.1. The fourth-order valence-electron chi connectivity index (χ4n) is 1.89. The highest BCUT2D eigenvalue weighted by Gasteiger charge is 2.11. The quantitative estimate of drug-likeness (QED) is 0.850. The Morgan fingerprint density at radius 1 is 1.37 bits per heavy atom. The van der Waals surface area contributed by atoms with Gasteiger partial charge in [-0.15, -0.1) is 10.2 Å². The third-order valence-electron chi connectivity index (χ3n) is 3.03. The monoisotopic (exact) mass is 386 g/mol. The molecule has 2 aromatic rings. The van der Waals surface area contributed by atoms with E-state index in [0.717, 1.165) is 21.3 Å². The van der Waals surface area contributed by atoms with E-state index in [1.54, 1.807) is 6.33 Å². The second kappa shape index (κ2) is 6.63. The number of nitrogens with one attached hydrogen (secondary N) is 1. The fourth-order valence-corrected chi connectivity index (χ4v) is 3.28. The highest BCUT2D eigenvalue weighted by molar-refractivity contribution is 9.11. The van der Waals surface area contributed by atoms with Crippen LogP contribution in [-0.2, 0) is 13.1 Å². The lowest BCUT2D eigenvalue weighted by Gasteiger charge is -2.16. The van der Waals surface area contributed by atoms with Crippen molar-refractivity contribution in [1.82, 2.24) is 20.1 Å². The first kappa shape index (κ1) is 14.7. The Hall–Kier alpha value is -0.720. The third-order valence-corrected chi connectivity index (χ3v) is 4.21. The van der Waals surface area contributed by atoms with Crippen molar-refractivity contribution in [3.63, 3.8) is 0 Å². The third kappa shape index (κ3) is 3.64. The van der Waals surface area contributed by atoms with Crippen LogP contribution in [0.15, 0.2) is 33.5 Å². The molecule has 0 aliphatic carbocycles. The molecule has 0 saturated heterocycles. The van der Waals surface area contributed by atoms with Crippen LogP contribution in [0.5, 0.6) is 0 Å². The molecule has 6 heteroatoms. The van der Waals surface area contributed by atoms with Gasteiger partial charge in [0.2, 0.25) is 0 Å². The SMILES string of the molecule is CCn1cnnc1CNC(C)c1ccc(Br)cc1Br. The molecule has 0 amide bonds. The Labute approximate surface area is 129 Å². The van der Waals surface area contributed by atoms with E-state index in [-0.39, 0.29) is 6.04 Å². The minimum Gasteiger partial charge on any atom is -0.317 e. The molecule has 0 aliphatic heterocycles. The van der Waals surface area contributed by atoms with Gasteiger partial charge in [-0.3, -0.25) is 0 Å². The van der Waals surface area contributed by atoms with Crippen molar-refractivity contribution in [2.75, 3.05) is 0 Å². The molecule has 4 nitrogen and oxygen atoms in total. The van der Waals surface area contributed by atoms with Gasteiger partial charge in [-0.25, -0.2) is 0 Å². The van der Waals surface area contributed by atoms with Gasteiger partial charge in [-0.1, -0.05) is 37.9 Å². The normalized spacial score (nSPS) is 12.6. The van der Waals surface area contributed by atoms with E-state index in [9.17, 15) is 0 Å². The first-order chi connectivity index (χ1) is 9.11. The van der Waals surface area contributed by atoms with E-state index in [1.165, 1.54) is 5.56 Å². The maximum atomic E-state index is 4.12. The lowest BCUT2D eigenvalue weighted by Crippen LogP contribution is -2.21. The maximum absolute atomic E-state index is 4.12. The van der Waals surface area contributed by atoms with E-state index in [4.69, 9.17) is 0 Å². The first-order valence-corrected chi connectivity index (χ1v) is 7.75. The average molecular weight is 388 g/mol. The van der Waals surface area contributed by atoms with Gasteiger partial charge in [0.1, 0.15) is 12.2 Å². The zero-order valence-electron chi connectivity index (χ0n) is 10.9. The van der Waals surface area contributed by atoms with Crippen molar-refractivity contribution in [2.24, 2.45) is 0 Å². The Morgan fingerprint density at radius 2 is 2.16 bits per heavy atom. The van der Waals surface area contributed by atoms with Gasteiger partial charge in [-0.2, -0.15) is 0 Å². The summed E-state index contributed by atoms with van der Waals surface area (Å²) in [6, 6.07) is 6.45. The Bertz CT molecular complexity index is 553. The number of nitrogens with zero attached hydrogens (tertiary/aromatic N) is 3. The van der Waals surface area contributed by atoms with Gasteiger partial charge in [0, 0.05) is 21.5 Å². The van der Waals surface area contributed by atoms with Crippen LogP contribution in [0.1, 0.15) is 31.3 Å². The van der Waals surface area contributed by atoms with Crippen LogP contribution in [0.25, 0.3) is 0 Å². The van der Waals surface area contributed by atoms with E-state index < -0.39 is 0 Å². The topological polar surface area (TPSA) is 42.7 Å². The Balaban J connectivity index is 2.03. The number of aryl methyl sites for hydroxylation is 1. The Kier molecular flexibility index (Phi) is 5.13. The van der Waals surface area contributed by atoms with Crippen LogP contribution in [-0.4, -0.2) is 14.8 Å². The van der Waals surface area contributed by atoms with E-state index in [2.05, 4.69) is 73.4 Å². The Morgan fingerprint density at radius 3 is 2.84 bits per heavy atom. The van der Waals surface area contributed by atoms with Gasteiger partial charge < -0.3 is 9.88 Å². The number of aromatic nitrogens is 3. The summed E-state index contributed by atoms with van der Waals surface area (Å²) in [5, 5.41) is 11.5. The smallest absolute Gasteiger partial charge is 0.146 e. The molecule has 0 fully saturated rings. The van der Waals surface area contributed by atoms with Gasteiger partial charge in [0.05, 0.1) is 6.54 Å². The van der Waals surface area contributed by atoms with Crippen molar-refractivity contribution in [3.8, 4) is 0 Å². The summed E-state index contributed by atoms with van der Waals surface area (Å²) in [6.07, 6.45) is 1.76. The number of hydrogen-bond acceptors (Lipinski definition) is 3. The molecular weight excluding hydrogens is 372 g/mol. The maximum Gasteiger partial charge on any atom is 0.146 e. The lowest BCUT2D eigenvalue weighted by molar-refractivity contribution is 0.538. The molecule has 0 aliphatic rings. The van der Waals surface area contributed by atoms with Gasteiger partial charge in [-0.05, 0) is 31.5 Å². The largest absolute Gasteiger partial charge is 0.317 e. The van der Waals surface area contributed by atoms with Crippen LogP contribution >= 0.6 is 31.9 Å². The molecule has 0 bridgehead atoms. The fraction of sp³-hybridized carbons (Fsp3) is 0.385. The van der Waals surface area contributed by atoms with Crippen LogP contribution in [0.4, 0.5) is 0 Å². The number of benzene rings is 1. The van der Waals surface area contributed by atoms with E-state index in [0.29, 0.717) is 6.54 Å². The van der Waals surface area contributed by atoms with E-state index >= 15 is 0 Å². The first-order valence-electron chi connectivity index (χ1n) is 6.16. The summed E-state index contributed by atoms with van der Waals surface area (Å²) in [4.78, 5) is 0. The molecule has 2 rings (SSSR count). The predicted molar refractivity (Wildman–Crippen MR) is 82.8 cm³/mol.